The monoisotopic (exact) mass is 340 g/mol. The summed E-state index contributed by atoms with van der Waals surface area (Å²) in [6.45, 7) is 1.75. The van der Waals surface area contributed by atoms with Gasteiger partial charge in [0.2, 0.25) is 11.9 Å². The lowest BCUT2D eigenvalue weighted by molar-refractivity contribution is -0.126. The molecule has 5 heteroatoms. The predicted octanol–water partition coefficient (Wildman–Crippen LogP) is 3.24. The van der Waals surface area contributed by atoms with E-state index in [1.165, 1.54) is 19.3 Å². The van der Waals surface area contributed by atoms with Crippen LogP contribution in [-0.2, 0) is 11.8 Å². The van der Waals surface area contributed by atoms with Crippen LogP contribution < -0.4 is 10.2 Å². The third-order valence-corrected chi connectivity index (χ3v) is 5.79. The molecule has 2 fully saturated rings. The number of benzene rings is 1. The van der Waals surface area contributed by atoms with E-state index < -0.39 is 0 Å². The summed E-state index contributed by atoms with van der Waals surface area (Å²) in [6.07, 6.45) is 8.14. The summed E-state index contributed by atoms with van der Waals surface area (Å²) in [5, 5.41) is 3.31. The molecule has 1 saturated carbocycles. The highest BCUT2D eigenvalue weighted by Crippen LogP contribution is 2.26. The van der Waals surface area contributed by atoms with Crippen LogP contribution >= 0.6 is 0 Å². The number of carbonyl (C=O) groups excluding carboxylic acids is 1. The van der Waals surface area contributed by atoms with Gasteiger partial charge in [0.1, 0.15) is 0 Å². The molecule has 0 unspecified atom stereocenters. The number of aryl methyl sites for hydroxylation is 1. The molecule has 2 heterocycles. The molecule has 1 aromatic carbocycles. The first-order valence-electron chi connectivity index (χ1n) is 9.69. The summed E-state index contributed by atoms with van der Waals surface area (Å²) in [5.74, 6) is 1.31. The van der Waals surface area contributed by atoms with E-state index in [9.17, 15) is 4.79 Å². The standard InChI is InChI=1S/C20H28N4O/c1-23-18-12-6-5-11-17(18)22-20(23)24-13-7-8-15(14-24)19(25)21-16-9-3-2-4-10-16/h5-6,11-12,15-16H,2-4,7-10,13-14H2,1H3,(H,21,25)/t15-/m0/s1. The highest BCUT2D eigenvalue weighted by molar-refractivity contribution is 5.81. The van der Waals surface area contributed by atoms with Gasteiger partial charge in [-0.15, -0.1) is 0 Å². The van der Waals surface area contributed by atoms with E-state index in [0.717, 1.165) is 55.8 Å². The number of hydrogen-bond donors (Lipinski definition) is 1. The topological polar surface area (TPSA) is 50.2 Å². The van der Waals surface area contributed by atoms with E-state index in [4.69, 9.17) is 4.98 Å². The van der Waals surface area contributed by atoms with Crippen molar-refractivity contribution in [3.8, 4) is 0 Å². The van der Waals surface area contributed by atoms with Crippen molar-refractivity contribution >= 4 is 22.9 Å². The predicted molar refractivity (Wildman–Crippen MR) is 101 cm³/mol. The fourth-order valence-electron chi connectivity index (χ4n) is 4.35. The molecule has 2 aromatic rings. The van der Waals surface area contributed by atoms with Gasteiger partial charge in [0.15, 0.2) is 0 Å². The van der Waals surface area contributed by atoms with E-state index in [-0.39, 0.29) is 11.8 Å². The lowest BCUT2D eigenvalue weighted by Gasteiger charge is -2.34. The van der Waals surface area contributed by atoms with Crippen molar-refractivity contribution in [3.05, 3.63) is 24.3 Å². The average Bonchev–Trinajstić information content (AvgIpc) is 3.00. The van der Waals surface area contributed by atoms with Crippen LogP contribution in [0.2, 0.25) is 0 Å². The zero-order valence-electron chi connectivity index (χ0n) is 15.1. The van der Waals surface area contributed by atoms with Gasteiger partial charge < -0.3 is 14.8 Å². The summed E-state index contributed by atoms with van der Waals surface area (Å²) < 4.78 is 2.15. The molecular formula is C20H28N4O. The van der Waals surface area contributed by atoms with E-state index in [0.29, 0.717) is 6.04 Å². The molecule has 1 aliphatic heterocycles. The van der Waals surface area contributed by atoms with Gasteiger partial charge in [0, 0.05) is 26.2 Å². The second kappa shape index (κ2) is 7.06. The summed E-state index contributed by atoms with van der Waals surface area (Å²) >= 11 is 0. The van der Waals surface area contributed by atoms with Crippen LogP contribution in [-0.4, -0.2) is 34.6 Å². The third-order valence-electron chi connectivity index (χ3n) is 5.79. The van der Waals surface area contributed by atoms with Crippen molar-refractivity contribution in [1.82, 2.24) is 14.9 Å². The lowest BCUT2D eigenvalue weighted by atomic mass is 9.93. The van der Waals surface area contributed by atoms with Crippen LogP contribution in [0.15, 0.2) is 24.3 Å². The first kappa shape index (κ1) is 16.4. The van der Waals surface area contributed by atoms with Crippen molar-refractivity contribution in [2.24, 2.45) is 13.0 Å². The molecule has 5 nitrogen and oxygen atoms in total. The minimum atomic E-state index is 0.0792. The van der Waals surface area contributed by atoms with Crippen LogP contribution in [0.25, 0.3) is 11.0 Å². The second-order valence-electron chi connectivity index (χ2n) is 7.59. The van der Waals surface area contributed by atoms with Crippen molar-refractivity contribution in [2.45, 2.75) is 51.0 Å². The number of anilines is 1. The molecule has 1 aromatic heterocycles. The second-order valence-corrected chi connectivity index (χ2v) is 7.59. The van der Waals surface area contributed by atoms with Crippen molar-refractivity contribution < 1.29 is 4.79 Å². The zero-order chi connectivity index (χ0) is 17.2. The smallest absolute Gasteiger partial charge is 0.225 e. The molecule has 0 spiro atoms. The molecule has 2 aliphatic rings. The number of nitrogens with one attached hydrogen (secondary N) is 1. The number of hydrogen-bond acceptors (Lipinski definition) is 3. The van der Waals surface area contributed by atoms with Gasteiger partial charge in [0.05, 0.1) is 17.0 Å². The van der Waals surface area contributed by atoms with Gasteiger partial charge in [-0.05, 0) is 37.8 Å². The summed E-state index contributed by atoms with van der Waals surface area (Å²) in [4.78, 5) is 19.8. The summed E-state index contributed by atoms with van der Waals surface area (Å²) in [7, 11) is 2.07. The SMILES string of the molecule is Cn1c(N2CCC[C@H](C(=O)NC3CCCCC3)C2)nc2ccccc21. The first-order valence-corrected chi connectivity index (χ1v) is 9.69. The fourth-order valence-corrected chi connectivity index (χ4v) is 4.35. The number of carbonyl (C=O) groups is 1. The number of piperidine rings is 1. The average molecular weight is 340 g/mol. The number of imidazole rings is 1. The minimum absolute atomic E-state index is 0.0792. The summed E-state index contributed by atoms with van der Waals surface area (Å²) in [6, 6.07) is 8.62. The Morgan fingerprint density at radius 3 is 2.72 bits per heavy atom. The molecule has 4 rings (SSSR count). The Labute approximate surface area is 149 Å². The Balaban J connectivity index is 1.46. The van der Waals surface area contributed by atoms with Crippen LogP contribution in [0.1, 0.15) is 44.9 Å². The largest absolute Gasteiger partial charge is 0.353 e. The summed E-state index contributed by atoms with van der Waals surface area (Å²) in [5.41, 5.74) is 2.17. The Kier molecular flexibility index (Phi) is 4.64. The maximum atomic E-state index is 12.7. The fraction of sp³-hybridized carbons (Fsp3) is 0.600. The van der Waals surface area contributed by atoms with Gasteiger partial charge >= 0.3 is 0 Å². The Morgan fingerprint density at radius 1 is 1.12 bits per heavy atom. The van der Waals surface area contributed by atoms with Crippen LogP contribution in [0.3, 0.4) is 0 Å². The zero-order valence-corrected chi connectivity index (χ0v) is 15.1. The van der Waals surface area contributed by atoms with Gasteiger partial charge in [-0.3, -0.25) is 4.79 Å². The number of amides is 1. The van der Waals surface area contributed by atoms with Crippen LogP contribution in [0, 0.1) is 5.92 Å². The van der Waals surface area contributed by atoms with Gasteiger partial charge in [-0.1, -0.05) is 31.4 Å². The normalized spacial score (nSPS) is 22.3. The minimum Gasteiger partial charge on any atom is -0.353 e. The third kappa shape index (κ3) is 3.37. The molecular weight excluding hydrogens is 312 g/mol. The Hall–Kier alpha value is -2.04. The van der Waals surface area contributed by atoms with Gasteiger partial charge in [0.25, 0.3) is 0 Å². The van der Waals surface area contributed by atoms with Crippen LogP contribution in [0.4, 0.5) is 5.95 Å². The van der Waals surface area contributed by atoms with Crippen molar-refractivity contribution in [3.63, 3.8) is 0 Å². The van der Waals surface area contributed by atoms with E-state index in [1.54, 1.807) is 0 Å². The molecule has 1 aliphatic carbocycles. The molecule has 0 radical (unpaired) electrons. The maximum absolute atomic E-state index is 12.7. The number of para-hydroxylation sites is 2. The maximum Gasteiger partial charge on any atom is 0.225 e. The van der Waals surface area contributed by atoms with E-state index >= 15 is 0 Å². The highest BCUT2D eigenvalue weighted by atomic mass is 16.2. The number of rotatable bonds is 3. The van der Waals surface area contributed by atoms with Crippen molar-refractivity contribution in [2.75, 3.05) is 18.0 Å². The molecule has 0 bridgehead atoms. The van der Waals surface area contributed by atoms with Crippen molar-refractivity contribution in [1.29, 1.82) is 0 Å². The Bertz CT molecular complexity index is 747. The molecule has 1 atom stereocenters. The molecule has 1 amide bonds. The molecule has 1 N–H and O–H groups in total. The number of fused-ring (bicyclic) bond motifs is 1. The number of nitrogens with zero attached hydrogens (tertiary/aromatic N) is 3. The Morgan fingerprint density at radius 2 is 1.92 bits per heavy atom. The molecule has 1 saturated heterocycles. The lowest BCUT2D eigenvalue weighted by Crippen LogP contribution is -2.47. The highest BCUT2D eigenvalue weighted by Gasteiger charge is 2.29. The van der Waals surface area contributed by atoms with Gasteiger partial charge in [-0.25, -0.2) is 4.98 Å². The number of aromatic nitrogens is 2. The van der Waals surface area contributed by atoms with Gasteiger partial charge in [-0.2, -0.15) is 0 Å². The molecule has 25 heavy (non-hydrogen) atoms. The van der Waals surface area contributed by atoms with E-state index in [1.807, 2.05) is 12.1 Å². The first-order chi connectivity index (χ1) is 12.2. The van der Waals surface area contributed by atoms with E-state index in [2.05, 4.69) is 34.0 Å². The molecule has 134 valence electrons. The quantitative estimate of drug-likeness (QED) is 0.933. The van der Waals surface area contributed by atoms with Crippen LogP contribution in [0.5, 0.6) is 0 Å².